The van der Waals surface area contributed by atoms with Crippen LogP contribution in [0.1, 0.15) is 81.5 Å². The second kappa shape index (κ2) is 12.5. The molecule has 1 aliphatic carbocycles. The van der Waals surface area contributed by atoms with Crippen LogP contribution in [-0.4, -0.2) is 32.6 Å². The number of benzene rings is 1. The molecule has 0 N–H and O–H groups in total. The van der Waals surface area contributed by atoms with Gasteiger partial charge in [-0.1, -0.05) is 57.9 Å². The molecule has 29 heavy (non-hydrogen) atoms. The molecule has 0 bridgehead atoms. The third-order valence-corrected chi connectivity index (χ3v) is 5.82. The molecule has 1 saturated carbocycles. The maximum Gasteiger partial charge on any atom is 0.317 e. The normalized spacial score (nSPS) is 15.1. The number of hydrogen-bond donors (Lipinski definition) is 0. The largest absolute Gasteiger partial charge is 0.496 e. The molecular formula is C24H36O5. The summed E-state index contributed by atoms with van der Waals surface area (Å²) in [5, 5.41) is 0. The average Bonchev–Trinajstić information content (AvgIpc) is 3.26. The van der Waals surface area contributed by atoms with Gasteiger partial charge in [0, 0.05) is 0 Å². The van der Waals surface area contributed by atoms with E-state index in [0.29, 0.717) is 23.7 Å². The van der Waals surface area contributed by atoms with Gasteiger partial charge in [0.1, 0.15) is 23.0 Å². The van der Waals surface area contributed by atoms with Gasteiger partial charge in [-0.05, 0) is 37.3 Å². The zero-order valence-electron chi connectivity index (χ0n) is 18.2. The molecule has 0 heterocycles. The van der Waals surface area contributed by atoms with E-state index in [1.807, 2.05) is 0 Å². The summed E-state index contributed by atoms with van der Waals surface area (Å²) in [5.41, 5.74) is 0.339. The molecule has 5 heteroatoms. The minimum atomic E-state index is -0.789. The lowest BCUT2D eigenvalue weighted by molar-refractivity contribution is -0.148. The number of ketones is 1. The standard InChI is InChI=1S/C24H36O5/c1-4-5-6-7-8-11-17-29-24(26)21(18-13-9-10-14-18)23(25)22-19(27-2)15-12-16-20(22)28-3/h12,15-16,18,21H,4-11,13-14,17H2,1-3H3. The van der Waals surface area contributed by atoms with Gasteiger partial charge in [-0.3, -0.25) is 9.59 Å². The number of unbranched alkanes of at least 4 members (excludes halogenated alkanes) is 5. The van der Waals surface area contributed by atoms with E-state index in [-0.39, 0.29) is 11.7 Å². The lowest BCUT2D eigenvalue weighted by Crippen LogP contribution is -2.33. The summed E-state index contributed by atoms with van der Waals surface area (Å²) < 4.78 is 16.4. The van der Waals surface area contributed by atoms with Gasteiger partial charge in [-0.25, -0.2) is 0 Å². The monoisotopic (exact) mass is 404 g/mol. The van der Waals surface area contributed by atoms with E-state index < -0.39 is 11.9 Å². The molecule has 0 amide bonds. The van der Waals surface area contributed by atoms with Gasteiger partial charge < -0.3 is 14.2 Å². The molecule has 0 aliphatic heterocycles. The predicted molar refractivity (Wildman–Crippen MR) is 114 cm³/mol. The first-order chi connectivity index (χ1) is 14.1. The summed E-state index contributed by atoms with van der Waals surface area (Å²) >= 11 is 0. The van der Waals surface area contributed by atoms with E-state index in [0.717, 1.165) is 44.9 Å². The Morgan fingerprint density at radius 1 is 0.966 bits per heavy atom. The van der Waals surface area contributed by atoms with Gasteiger partial charge in [-0.15, -0.1) is 0 Å². The molecule has 0 radical (unpaired) electrons. The summed E-state index contributed by atoms with van der Waals surface area (Å²) in [6, 6.07) is 5.22. The topological polar surface area (TPSA) is 61.8 Å². The van der Waals surface area contributed by atoms with Crippen LogP contribution < -0.4 is 9.47 Å². The molecule has 1 fully saturated rings. The first-order valence-corrected chi connectivity index (χ1v) is 11.1. The van der Waals surface area contributed by atoms with Crippen molar-refractivity contribution in [1.82, 2.24) is 0 Å². The second-order valence-corrected chi connectivity index (χ2v) is 7.86. The second-order valence-electron chi connectivity index (χ2n) is 7.86. The van der Waals surface area contributed by atoms with Crippen LogP contribution in [0, 0.1) is 11.8 Å². The van der Waals surface area contributed by atoms with E-state index in [1.54, 1.807) is 18.2 Å². The zero-order chi connectivity index (χ0) is 21.1. The number of ether oxygens (including phenoxy) is 3. The Labute approximate surface area is 175 Å². The fraction of sp³-hybridized carbons (Fsp3) is 0.667. The molecule has 1 unspecified atom stereocenters. The van der Waals surface area contributed by atoms with E-state index in [4.69, 9.17) is 14.2 Å². The number of rotatable bonds is 13. The Kier molecular flexibility index (Phi) is 10.0. The Bertz CT molecular complexity index is 626. The van der Waals surface area contributed by atoms with Crippen LogP contribution in [-0.2, 0) is 9.53 Å². The highest BCUT2D eigenvalue weighted by Crippen LogP contribution is 2.38. The number of esters is 1. The molecule has 1 atom stereocenters. The van der Waals surface area contributed by atoms with Crippen LogP contribution in [0.25, 0.3) is 0 Å². The van der Waals surface area contributed by atoms with Crippen LogP contribution >= 0.6 is 0 Å². The van der Waals surface area contributed by atoms with Crippen molar-refractivity contribution >= 4 is 11.8 Å². The predicted octanol–water partition coefficient (Wildman–Crippen LogP) is 5.60. The summed E-state index contributed by atoms with van der Waals surface area (Å²) in [5.74, 6) is -0.554. The average molecular weight is 405 g/mol. The van der Waals surface area contributed by atoms with Gasteiger partial charge in [0.25, 0.3) is 0 Å². The molecule has 0 aromatic heterocycles. The number of Topliss-reactive ketones (excluding diaryl/α,β-unsaturated/α-hetero) is 1. The highest BCUT2D eigenvalue weighted by atomic mass is 16.5. The molecule has 162 valence electrons. The number of hydrogen-bond acceptors (Lipinski definition) is 5. The van der Waals surface area contributed by atoms with Gasteiger partial charge in [0.05, 0.1) is 20.8 Å². The van der Waals surface area contributed by atoms with E-state index >= 15 is 0 Å². The van der Waals surface area contributed by atoms with Crippen LogP contribution in [0.3, 0.4) is 0 Å². The van der Waals surface area contributed by atoms with Crippen molar-refractivity contribution in [3.8, 4) is 11.5 Å². The summed E-state index contributed by atoms with van der Waals surface area (Å²) in [7, 11) is 3.04. The summed E-state index contributed by atoms with van der Waals surface area (Å²) in [6.07, 6.45) is 10.6. The minimum absolute atomic E-state index is 0.0224. The van der Waals surface area contributed by atoms with Crippen LogP contribution in [0.2, 0.25) is 0 Å². The van der Waals surface area contributed by atoms with Crippen molar-refractivity contribution in [2.75, 3.05) is 20.8 Å². The highest BCUT2D eigenvalue weighted by molar-refractivity contribution is 6.12. The molecule has 1 aromatic carbocycles. The lowest BCUT2D eigenvalue weighted by Gasteiger charge is -2.22. The van der Waals surface area contributed by atoms with E-state index in [2.05, 4.69) is 6.92 Å². The smallest absolute Gasteiger partial charge is 0.317 e. The quantitative estimate of drug-likeness (QED) is 0.185. The maximum absolute atomic E-state index is 13.5. The minimum Gasteiger partial charge on any atom is -0.496 e. The van der Waals surface area contributed by atoms with Crippen molar-refractivity contribution in [2.24, 2.45) is 11.8 Å². The third kappa shape index (κ3) is 6.48. The van der Waals surface area contributed by atoms with Gasteiger partial charge in [0.2, 0.25) is 0 Å². The number of carbonyl (C=O) groups is 2. The van der Waals surface area contributed by atoms with Crippen molar-refractivity contribution in [3.05, 3.63) is 23.8 Å². The SMILES string of the molecule is CCCCCCCCOC(=O)C(C(=O)c1c(OC)cccc1OC)C1CCCC1. The Morgan fingerprint density at radius 3 is 2.14 bits per heavy atom. The molecule has 5 nitrogen and oxygen atoms in total. The molecule has 0 saturated heterocycles. The fourth-order valence-corrected chi connectivity index (χ4v) is 4.20. The maximum atomic E-state index is 13.5. The Morgan fingerprint density at radius 2 is 1.55 bits per heavy atom. The summed E-state index contributed by atoms with van der Waals surface area (Å²) in [4.78, 5) is 26.4. The molecule has 0 spiro atoms. The Hall–Kier alpha value is -2.04. The van der Waals surface area contributed by atoms with Crippen molar-refractivity contribution in [3.63, 3.8) is 0 Å². The lowest BCUT2D eigenvalue weighted by atomic mass is 9.84. The Balaban J connectivity index is 2.08. The highest BCUT2D eigenvalue weighted by Gasteiger charge is 2.40. The van der Waals surface area contributed by atoms with E-state index in [9.17, 15) is 9.59 Å². The third-order valence-electron chi connectivity index (χ3n) is 5.82. The molecule has 1 aromatic rings. The summed E-state index contributed by atoms with van der Waals surface area (Å²) in [6.45, 7) is 2.57. The fourth-order valence-electron chi connectivity index (χ4n) is 4.20. The van der Waals surface area contributed by atoms with Gasteiger partial charge >= 0.3 is 5.97 Å². The molecular weight excluding hydrogens is 368 g/mol. The van der Waals surface area contributed by atoms with Crippen LogP contribution in [0.4, 0.5) is 0 Å². The molecule has 1 aliphatic rings. The van der Waals surface area contributed by atoms with Crippen molar-refractivity contribution < 1.29 is 23.8 Å². The zero-order valence-corrected chi connectivity index (χ0v) is 18.2. The van der Waals surface area contributed by atoms with Crippen molar-refractivity contribution in [1.29, 1.82) is 0 Å². The van der Waals surface area contributed by atoms with Gasteiger partial charge in [-0.2, -0.15) is 0 Å². The number of methoxy groups -OCH3 is 2. The van der Waals surface area contributed by atoms with Crippen molar-refractivity contribution in [2.45, 2.75) is 71.1 Å². The van der Waals surface area contributed by atoms with Crippen LogP contribution in [0.15, 0.2) is 18.2 Å². The first-order valence-electron chi connectivity index (χ1n) is 11.1. The molecule has 2 rings (SSSR count). The van der Waals surface area contributed by atoms with Gasteiger partial charge in [0.15, 0.2) is 5.78 Å². The van der Waals surface area contributed by atoms with Crippen LogP contribution in [0.5, 0.6) is 11.5 Å². The van der Waals surface area contributed by atoms with E-state index in [1.165, 1.54) is 33.5 Å². The first kappa shape index (κ1) is 23.2. The number of carbonyl (C=O) groups excluding carboxylic acids is 2.